The van der Waals surface area contributed by atoms with E-state index in [2.05, 4.69) is 28.3 Å². The lowest BCUT2D eigenvalue weighted by molar-refractivity contribution is 0.179. The molecule has 0 aromatic carbocycles. The number of hydrogen-bond donors (Lipinski definition) is 2. The van der Waals surface area contributed by atoms with Crippen molar-refractivity contribution in [2.24, 2.45) is 11.1 Å². The summed E-state index contributed by atoms with van der Waals surface area (Å²) in [5, 5.41) is 7.68. The van der Waals surface area contributed by atoms with Crippen LogP contribution >= 0.6 is 0 Å². The predicted octanol–water partition coefficient (Wildman–Crippen LogP) is 3.02. The van der Waals surface area contributed by atoms with Gasteiger partial charge in [0.15, 0.2) is 0 Å². The molecule has 1 aromatic heterocycles. The number of aromatic nitrogens is 2. The molecule has 0 atom stereocenters. The number of nitrogens with zero attached hydrogens (tertiary/aromatic N) is 2. The van der Waals surface area contributed by atoms with E-state index >= 15 is 0 Å². The number of H-pyrrole nitrogens is 1. The lowest BCUT2D eigenvalue weighted by Crippen LogP contribution is -2.27. The highest BCUT2D eigenvalue weighted by Crippen LogP contribution is 2.52. The molecule has 2 aliphatic carbocycles. The van der Waals surface area contributed by atoms with E-state index in [0.717, 1.165) is 19.6 Å². The molecule has 21 heavy (non-hydrogen) atoms. The summed E-state index contributed by atoms with van der Waals surface area (Å²) < 4.78 is 0. The van der Waals surface area contributed by atoms with Gasteiger partial charge in [-0.05, 0) is 51.0 Å². The molecule has 0 unspecified atom stereocenters. The summed E-state index contributed by atoms with van der Waals surface area (Å²) in [4.78, 5) is 2.29. The molecule has 4 heteroatoms. The van der Waals surface area contributed by atoms with E-state index in [-0.39, 0.29) is 0 Å². The molecule has 2 saturated carbocycles. The maximum Gasteiger partial charge on any atom is 0.0697 e. The third-order valence-corrected chi connectivity index (χ3v) is 5.80. The lowest BCUT2D eigenvalue weighted by atomic mass is 9.68. The van der Waals surface area contributed by atoms with Gasteiger partial charge < -0.3 is 10.6 Å². The smallest absolute Gasteiger partial charge is 0.0697 e. The second-order valence-corrected chi connectivity index (χ2v) is 7.30. The van der Waals surface area contributed by atoms with Gasteiger partial charge in [0.1, 0.15) is 0 Å². The van der Waals surface area contributed by atoms with E-state index in [9.17, 15) is 0 Å². The van der Waals surface area contributed by atoms with Crippen LogP contribution in [0.25, 0.3) is 0 Å². The second-order valence-electron chi connectivity index (χ2n) is 7.30. The summed E-state index contributed by atoms with van der Waals surface area (Å²) in [6, 6.07) is 0. The van der Waals surface area contributed by atoms with Crippen LogP contribution in [-0.2, 0) is 6.54 Å². The molecule has 4 nitrogen and oxygen atoms in total. The minimum Gasteiger partial charge on any atom is -0.329 e. The summed E-state index contributed by atoms with van der Waals surface area (Å²) in [7, 11) is 2.14. The van der Waals surface area contributed by atoms with Gasteiger partial charge in [-0.25, -0.2) is 0 Å². The molecule has 0 saturated heterocycles. The van der Waals surface area contributed by atoms with E-state index in [4.69, 9.17) is 5.73 Å². The second kappa shape index (κ2) is 6.49. The molecule has 118 valence electrons. The Bertz CT molecular complexity index is 437. The molecule has 3 rings (SSSR count). The molecule has 0 radical (unpaired) electrons. The Morgan fingerprint density at radius 3 is 2.67 bits per heavy atom. The van der Waals surface area contributed by atoms with Crippen molar-refractivity contribution in [1.29, 1.82) is 0 Å². The van der Waals surface area contributed by atoms with Crippen molar-refractivity contribution in [3.63, 3.8) is 0 Å². The van der Waals surface area contributed by atoms with Crippen LogP contribution in [0.15, 0.2) is 6.20 Å². The normalized spacial score (nSPS) is 22.4. The molecular weight excluding hydrogens is 260 g/mol. The zero-order valence-electron chi connectivity index (χ0n) is 13.4. The average Bonchev–Trinajstić information content (AvgIpc) is 3.11. The fourth-order valence-electron chi connectivity index (χ4n) is 4.52. The van der Waals surface area contributed by atoms with Crippen molar-refractivity contribution in [2.75, 3.05) is 20.1 Å². The number of rotatable bonds is 5. The van der Waals surface area contributed by atoms with Gasteiger partial charge in [0.2, 0.25) is 0 Å². The third kappa shape index (κ3) is 3.32. The Kier molecular flexibility index (Phi) is 4.65. The molecule has 2 aliphatic rings. The van der Waals surface area contributed by atoms with E-state index in [1.165, 1.54) is 62.6 Å². The van der Waals surface area contributed by atoms with Crippen LogP contribution in [0.3, 0.4) is 0 Å². The molecule has 1 heterocycles. The maximum absolute atomic E-state index is 5.64. The molecule has 0 aliphatic heterocycles. The van der Waals surface area contributed by atoms with Crippen LogP contribution < -0.4 is 5.73 Å². The molecule has 1 spiro atoms. The van der Waals surface area contributed by atoms with Gasteiger partial charge in [-0.15, -0.1) is 0 Å². The molecule has 1 aromatic rings. The summed E-state index contributed by atoms with van der Waals surface area (Å²) >= 11 is 0. The minimum absolute atomic E-state index is 0.670. The van der Waals surface area contributed by atoms with Crippen molar-refractivity contribution in [3.8, 4) is 0 Å². The summed E-state index contributed by atoms with van der Waals surface area (Å²) in [5.74, 6) is 0.670. The molecule has 0 bridgehead atoms. The predicted molar refractivity (Wildman–Crippen MR) is 86.1 cm³/mol. The van der Waals surface area contributed by atoms with Crippen LogP contribution in [0, 0.1) is 5.41 Å². The number of nitrogens with one attached hydrogen (secondary N) is 1. The Labute approximate surface area is 128 Å². The minimum atomic E-state index is 0.670. The molecular formula is C17H30N4. The SMILES string of the molecule is CN(CCN)Cc1c[nH]nc1C1CCC2(CCCC2)CC1. The van der Waals surface area contributed by atoms with E-state index in [1.54, 1.807) is 0 Å². The Morgan fingerprint density at radius 1 is 1.29 bits per heavy atom. The number of likely N-dealkylation sites (N-methyl/N-ethyl adjacent to an activating group) is 1. The Balaban J connectivity index is 1.61. The zero-order chi connectivity index (χ0) is 14.7. The Morgan fingerprint density at radius 2 is 2.00 bits per heavy atom. The van der Waals surface area contributed by atoms with Crippen LogP contribution in [0.4, 0.5) is 0 Å². The van der Waals surface area contributed by atoms with Gasteiger partial charge >= 0.3 is 0 Å². The van der Waals surface area contributed by atoms with E-state index in [0.29, 0.717) is 11.3 Å². The zero-order valence-corrected chi connectivity index (χ0v) is 13.4. The van der Waals surface area contributed by atoms with E-state index in [1.807, 2.05) is 0 Å². The van der Waals surface area contributed by atoms with Crippen LogP contribution in [0.5, 0.6) is 0 Å². The lowest BCUT2D eigenvalue weighted by Gasteiger charge is -2.37. The van der Waals surface area contributed by atoms with Gasteiger partial charge in [0.05, 0.1) is 5.69 Å². The largest absolute Gasteiger partial charge is 0.329 e. The fraction of sp³-hybridized carbons (Fsp3) is 0.824. The topological polar surface area (TPSA) is 57.9 Å². The van der Waals surface area contributed by atoms with Crippen molar-refractivity contribution in [1.82, 2.24) is 15.1 Å². The summed E-state index contributed by atoms with van der Waals surface area (Å²) in [6.45, 7) is 2.62. The van der Waals surface area contributed by atoms with Gasteiger partial charge in [0, 0.05) is 37.3 Å². The molecule has 3 N–H and O–H groups in total. The van der Waals surface area contributed by atoms with Crippen LogP contribution in [0.2, 0.25) is 0 Å². The average molecular weight is 290 g/mol. The number of aromatic amines is 1. The first kappa shape index (κ1) is 15.0. The van der Waals surface area contributed by atoms with Gasteiger partial charge in [-0.1, -0.05) is 12.8 Å². The summed E-state index contributed by atoms with van der Waals surface area (Å²) in [6.07, 6.45) is 13.5. The first-order valence-corrected chi connectivity index (χ1v) is 8.64. The quantitative estimate of drug-likeness (QED) is 0.876. The highest BCUT2D eigenvalue weighted by Gasteiger charge is 2.38. The number of nitrogens with two attached hydrogens (primary N) is 1. The summed E-state index contributed by atoms with van der Waals surface area (Å²) in [5.41, 5.74) is 9.05. The standard InChI is InChI=1S/C17H30N4/c1-21(11-10-18)13-15-12-19-20-16(15)14-4-8-17(9-5-14)6-2-3-7-17/h12,14H,2-11,13,18H2,1H3,(H,19,20). The van der Waals surface area contributed by atoms with E-state index < -0.39 is 0 Å². The van der Waals surface area contributed by atoms with Gasteiger partial charge in [-0.3, -0.25) is 5.10 Å². The first-order valence-electron chi connectivity index (χ1n) is 8.64. The van der Waals surface area contributed by atoms with Crippen molar-refractivity contribution < 1.29 is 0 Å². The fourth-order valence-corrected chi connectivity index (χ4v) is 4.52. The highest BCUT2D eigenvalue weighted by molar-refractivity contribution is 5.21. The van der Waals surface area contributed by atoms with Gasteiger partial charge in [-0.2, -0.15) is 5.10 Å². The van der Waals surface area contributed by atoms with Crippen LogP contribution in [0.1, 0.15) is 68.5 Å². The third-order valence-electron chi connectivity index (χ3n) is 5.80. The van der Waals surface area contributed by atoms with Crippen molar-refractivity contribution in [3.05, 3.63) is 17.5 Å². The molecule has 0 amide bonds. The monoisotopic (exact) mass is 290 g/mol. The first-order chi connectivity index (χ1) is 10.2. The van der Waals surface area contributed by atoms with Gasteiger partial charge in [0.25, 0.3) is 0 Å². The van der Waals surface area contributed by atoms with Crippen molar-refractivity contribution in [2.45, 2.75) is 63.8 Å². The maximum atomic E-state index is 5.64. The number of hydrogen-bond acceptors (Lipinski definition) is 3. The van der Waals surface area contributed by atoms with Crippen molar-refractivity contribution >= 4 is 0 Å². The Hall–Kier alpha value is -0.870. The van der Waals surface area contributed by atoms with Crippen LogP contribution in [-0.4, -0.2) is 35.2 Å². The highest BCUT2D eigenvalue weighted by atomic mass is 15.1. The molecule has 2 fully saturated rings.